The number of rotatable bonds is 4. The van der Waals surface area contributed by atoms with Crippen LogP contribution in [0.1, 0.15) is 13.3 Å². The molecule has 0 fully saturated rings. The molecule has 0 radical (unpaired) electrons. The lowest BCUT2D eigenvalue weighted by Gasteiger charge is -2.18. The van der Waals surface area contributed by atoms with Gasteiger partial charge in [-0.25, -0.2) is 0 Å². The smallest absolute Gasteiger partial charge is 0.208 e. The summed E-state index contributed by atoms with van der Waals surface area (Å²) in [5.41, 5.74) is 0.990. The number of carbonyl (C=O) groups excluding carboxylic acids is 1. The van der Waals surface area contributed by atoms with E-state index in [1.54, 1.807) is 6.92 Å². The van der Waals surface area contributed by atoms with Crippen LogP contribution in [0.25, 0.3) is 0 Å². The number of carbonyl (C=O) groups is 1. The Morgan fingerprint density at radius 1 is 1.60 bits per heavy atom. The lowest BCUT2D eigenvalue weighted by molar-refractivity contribution is -0.128. The van der Waals surface area contributed by atoms with E-state index in [4.69, 9.17) is 10.2 Å². The minimum Gasteiger partial charge on any atom is -0.493 e. The largest absolute Gasteiger partial charge is 0.493 e. The van der Waals surface area contributed by atoms with Crippen LogP contribution >= 0.6 is 0 Å². The van der Waals surface area contributed by atoms with Gasteiger partial charge >= 0.3 is 0 Å². The number of nitrogens with one attached hydrogen (secondary N) is 2. The molecule has 1 heterocycles. The molecule has 6 heteroatoms. The highest BCUT2D eigenvalue weighted by atomic mass is 16.3. The van der Waals surface area contributed by atoms with Crippen molar-refractivity contribution in [3.05, 3.63) is 23.5 Å². The molecule has 15 heavy (non-hydrogen) atoms. The molecule has 1 rings (SSSR count). The lowest BCUT2D eigenvalue weighted by Crippen LogP contribution is -2.30. The number of hydrogen-bond acceptors (Lipinski definition) is 6. The van der Waals surface area contributed by atoms with Crippen molar-refractivity contribution in [2.75, 3.05) is 6.61 Å². The SMILES string of the molecule is CC1=C(O)NC(CC(=O)[C@@H](O)CO)=CN1. The van der Waals surface area contributed by atoms with E-state index in [-0.39, 0.29) is 12.3 Å². The maximum atomic E-state index is 11.2. The molecule has 5 N–H and O–H groups in total. The summed E-state index contributed by atoms with van der Waals surface area (Å²) in [6, 6.07) is 0. The second-order valence-corrected chi connectivity index (χ2v) is 3.25. The first-order chi connectivity index (χ1) is 7.04. The summed E-state index contributed by atoms with van der Waals surface area (Å²) in [4.78, 5) is 11.2. The number of hydrogen-bond donors (Lipinski definition) is 5. The number of aliphatic hydroxyl groups is 3. The van der Waals surface area contributed by atoms with Gasteiger partial charge in [-0.2, -0.15) is 0 Å². The normalized spacial score (nSPS) is 17.7. The average molecular weight is 214 g/mol. The van der Waals surface area contributed by atoms with Gasteiger partial charge in [0.1, 0.15) is 6.10 Å². The fourth-order valence-electron chi connectivity index (χ4n) is 1.05. The van der Waals surface area contributed by atoms with Crippen molar-refractivity contribution in [2.45, 2.75) is 19.4 Å². The summed E-state index contributed by atoms with van der Waals surface area (Å²) < 4.78 is 0. The topological polar surface area (TPSA) is 102 Å². The molecule has 0 aliphatic carbocycles. The van der Waals surface area contributed by atoms with Crippen LogP contribution in [0.15, 0.2) is 23.5 Å². The van der Waals surface area contributed by atoms with Crippen molar-refractivity contribution >= 4 is 5.78 Å². The van der Waals surface area contributed by atoms with Gasteiger partial charge in [-0.15, -0.1) is 0 Å². The Balaban J connectivity index is 2.52. The zero-order valence-electron chi connectivity index (χ0n) is 8.32. The Morgan fingerprint density at radius 2 is 2.27 bits per heavy atom. The van der Waals surface area contributed by atoms with Crippen molar-refractivity contribution in [1.29, 1.82) is 0 Å². The molecule has 84 valence electrons. The predicted molar refractivity (Wildman–Crippen MR) is 52.4 cm³/mol. The summed E-state index contributed by atoms with van der Waals surface area (Å²) in [7, 11) is 0. The fourth-order valence-corrected chi connectivity index (χ4v) is 1.05. The van der Waals surface area contributed by atoms with Crippen LogP contribution in [0.3, 0.4) is 0 Å². The van der Waals surface area contributed by atoms with Crippen molar-refractivity contribution in [3.8, 4) is 0 Å². The van der Waals surface area contributed by atoms with E-state index >= 15 is 0 Å². The summed E-state index contributed by atoms with van der Waals surface area (Å²) in [6.45, 7) is 1.07. The Labute approximate surface area is 86.9 Å². The van der Waals surface area contributed by atoms with Crippen LogP contribution in [0.2, 0.25) is 0 Å². The maximum Gasteiger partial charge on any atom is 0.208 e. The molecular formula is C9H14N2O4. The van der Waals surface area contributed by atoms with Gasteiger partial charge in [0.25, 0.3) is 0 Å². The number of allylic oxidation sites excluding steroid dienone is 2. The second-order valence-electron chi connectivity index (χ2n) is 3.25. The van der Waals surface area contributed by atoms with Gasteiger partial charge in [-0.1, -0.05) is 0 Å². The molecule has 0 unspecified atom stereocenters. The molecule has 0 saturated carbocycles. The monoisotopic (exact) mass is 214 g/mol. The Hall–Kier alpha value is -1.53. The van der Waals surface area contributed by atoms with Crippen LogP contribution in [0.4, 0.5) is 0 Å². The first-order valence-electron chi connectivity index (χ1n) is 4.48. The van der Waals surface area contributed by atoms with Gasteiger partial charge in [0.05, 0.1) is 18.7 Å². The molecule has 0 saturated heterocycles. The van der Waals surface area contributed by atoms with Crippen molar-refractivity contribution < 1.29 is 20.1 Å². The molecule has 0 aromatic rings. The summed E-state index contributed by atoms with van der Waals surface area (Å²) in [5.74, 6) is -0.566. The standard InChI is InChI=1S/C9H14N2O4/c1-5-9(15)11-6(3-10-5)2-7(13)8(14)4-12/h3,8,10-12,14-15H,2,4H2,1H3/t8-/m0/s1. The lowest BCUT2D eigenvalue weighted by atomic mass is 10.1. The highest BCUT2D eigenvalue weighted by Gasteiger charge is 2.17. The number of ketones is 1. The zero-order valence-corrected chi connectivity index (χ0v) is 8.32. The van der Waals surface area contributed by atoms with E-state index in [0.29, 0.717) is 11.4 Å². The molecule has 0 spiro atoms. The molecule has 6 nitrogen and oxygen atoms in total. The number of Topliss-reactive ketones (excluding diaryl/α,β-unsaturated/α-hetero) is 1. The Morgan fingerprint density at radius 3 is 2.80 bits per heavy atom. The third-order valence-electron chi connectivity index (χ3n) is 2.01. The summed E-state index contributed by atoms with van der Waals surface area (Å²) >= 11 is 0. The van der Waals surface area contributed by atoms with Crippen LogP contribution < -0.4 is 10.6 Å². The summed E-state index contributed by atoms with van der Waals surface area (Å²) in [6.07, 6.45) is 0.0742. The molecule has 1 aliphatic heterocycles. The minimum atomic E-state index is -1.37. The molecule has 1 atom stereocenters. The Bertz CT molecular complexity index is 322. The van der Waals surface area contributed by atoms with Gasteiger partial charge in [-0.3, -0.25) is 4.79 Å². The third kappa shape index (κ3) is 2.97. The minimum absolute atomic E-state index is 0.0567. The van der Waals surface area contributed by atoms with Crippen LogP contribution in [-0.4, -0.2) is 33.8 Å². The van der Waals surface area contributed by atoms with Crippen LogP contribution in [0.5, 0.6) is 0 Å². The molecule has 0 bridgehead atoms. The summed E-state index contributed by atoms with van der Waals surface area (Å²) in [5, 5.41) is 32.2. The maximum absolute atomic E-state index is 11.2. The van der Waals surface area contributed by atoms with Crippen LogP contribution in [0, 0.1) is 0 Å². The molecule has 0 amide bonds. The average Bonchev–Trinajstić information content (AvgIpc) is 2.22. The van der Waals surface area contributed by atoms with Gasteiger partial charge < -0.3 is 26.0 Å². The fraction of sp³-hybridized carbons (Fsp3) is 0.444. The van der Waals surface area contributed by atoms with Crippen molar-refractivity contribution in [1.82, 2.24) is 10.6 Å². The van der Waals surface area contributed by atoms with E-state index in [1.165, 1.54) is 6.20 Å². The quantitative estimate of drug-likeness (QED) is 0.415. The zero-order chi connectivity index (χ0) is 11.4. The number of aliphatic hydroxyl groups excluding tert-OH is 3. The van der Waals surface area contributed by atoms with Crippen LogP contribution in [-0.2, 0) is 4.79 Å². The van der Waals surface area contributed by atoms with Gasteiger partial charge in [0, 0.05) is 11.9 Å². The van der Waals surface area contributed by atoms with Gasteiger partial charge in [0.15, 0.2) is 5.78 Å². The van der Waals surface area contributed by atoms with Crippen molar-refractivity contribution in [3.63, 3.8) is 0 Å². The highest BCUT2D eigenvalue weighted by Crippen LogP contribution is 2.08. The predicted octanol–water partition coefficient (Wildman–Crippen LogP) is -0.920. The highest BCUT2D eigenvalue weighted by molar-refractivity contribution is 5.85. The van der Waals surface area contributed by atoms with E-state index in [9.17, 15) is 9.90 Å². The molecule has 1 aliphatic rings. The first kappa shape index (κ1) is 11.5. The van der Waals surface area contributed by atoms with Crippen molar-refractivity contribution in [2.24, 2.45) is 0 Å². The molecular weight excluding hydrogens is 200 g/mol. The second kappa shape index (κ2) is 4.81. The van der Waals surface area contributed by atoms with E-state index in [2.05, 4.69) is 10.6 Å². The van der Waals surface area contributed by atoms with E-state index in [0.717, 1.165) is 0 Å². The van der Waals surface area contributed by atoms with E-state index in [1.807, 2.05) is 0 Å². The molecule has 0 aromatic carbocycles. The molecule has 0 aromatic heterocycles. The van der Waals surface area contributed by atoms with Gasteiger partial charge in [0.2, 0.25) is 5.88 Å². The third-order valence-corrected chi connectivity index (χ3v) is 2.01. The van der Waals surface area contributed by atoms with Gasteiger partial charge in [-0.05, 0) is 6.92 Å². The van der Waals surface area contributed by atoms with E-state index < -0.39 is 18.5 Å². The first-order valence-corrected chi connectivity index (χ1v) is 4.48. The Kier molecular flexibility index (Phi) is 3.70.